The lowest BCUT2D eigenvalue weighted by Crippen LogP contribution is -2.31. The van der Waals surface area contributed by atoms with Gasteiger partial charge in [0.25, 0.3) is 5.56 Å². The number of aromatic amines is 1. The Bertz CT molecular complexity index is 1220. The summed E-state index contributed by atoms with van der Waals surface area (Å²) in [6, 6.07) is 11.2. The fraction of sp³-hybridized carbons (Fsp3) is 0.261. The van der Waals surface area contributed by atoms with Crippen molar-refractivity contribution >= 4 is 23.5 Å². The Morgan fingerprint density at radius 1 is 1.16 bits per heavy atom. The quantitative estimate of drug-likeness (QED) is 0.386. The van der Waals surface area contributed by atoms with Gasteiger partial charge >= 0.3 is 0 Å². The van der Waals surface area contributed by atoms with E-state index in [1.54, 1.807) is 12.1 Å². The molecule has 2 heterocycles. The number of ether oxygens (including phenoxy) is 2. The molecule has 2 aromatic carbocycles. The number of H-pyrrole nitrogens is 1. The lowest BCUT2D eigenvalue weighted by molar-refractivity contribution is -0.116. The third-order valence-corrected chi connectivity index (χ3v) is 6.38. The first-order chi connectivity index (χ1) is 15.4. The van der Waals surface area contributed by atoms with Crippen LogP contribution >= 0.6 is 11.8 Å². The Hall–Kier alpha value is -3.46. The molecule has 1 aromatic heterocycles. The van der Waals surface area contributed by atoms with Gasteiger partial charge in [0.2, 0.25) is 11.7 Å². The van der Waals surface area contributed by atoms with Crippen LogP contribution in [0, 0.1) is 6.92 Å². The summed E-state index contributed by atoms with van der Waals surface area (Å²) in [4.78, 5) is 32.9. The Balaban J connectivity index is 1.71. The number of hydrogen-bond acceptors (Lipinski definition) is 7. The summed E-state index contributed by atoms with van der Waals surface area (Å²) in [5.74, 6) is 0.319. The number of methoxy groups -OCH3 is 2. The minimum atomic E-state index is -0.561. The fourth-order valence-corrected chi connectivity index (χ4v) is 4.67. The first-order valence-electron chi connectivity index (χ1n) is 9.97. The number of carbonyl (C=O) groups excluding carboxylic acids is 1. The van der Waals surface area contributed by atoms with E-state index in [1.807, 2.05) is 31.2 Å². The first kappa shape index (κ1) is 21.8. The van der Waals surface area contributed by atoms with Crippen molar-refractivity contribution in [1.82, 2.24) is 9.97 Å². The average molecular weight is 454 g/mol. The lowest BCUT2D eigenvalue weighted by atomic mass is 9.86. The van der Waals surface area contributed by atoms with Crippen LogP contribution in [0.1, 0.15) is 34.6 Å². The predicted molar refractivity (Wildman–Crippen MR) is 122 cm³/mol. The van der Waals surface area contributed by atoms with Crippen molar-refractivity contribution < 1.29 is 19.4 Å². The maximum Gasteiger partial charge on any atom is 0.257 e. The second kappa shape index (κ2) is 8.96. The van der Waals surface area contributed by atoms with Crippen molar-refractivity contribution in [2.24, 2.45) is 0 Å². The van der Waals surface area contributed by atoms with Crippen molar-refractivity contribution in [3.8, 4) is 17.2 Å². The van der Waals surface area contributed by atoms with Gasteiger partial charge in [-0.2, -0.15) is 0 Å². The van der Waals surface area contributed by atoms with E-state index in [0.29, 0.717) is 22.0 Å². The summed E-state index contributed by atoms with van der Waals surface area (Å²) in [5.41, 5.74) is 2.95. The number of amides is 1. The highest BCUT2D eigenvalue weighted by Crippen LogP contribution is 2.43. The number of aromatic nitrogens is 2. The van der Waals surface area contributed by atoms with Crippen molar-refractivity contribution in [2.45, 2.75) is 30.2 Å². The third kappa shape index (κ3) is 4.16. The second-order valence-electron chi connectivity index (χ2n) is 7.43. The van der Waals surface area contributed by atoms with Gasteiger partial charge in [-0.15, -0.1) is 0 Å². The maximum absolute atomic E-state index is 13.1. The molecule has 1 atom stereocenters. The SMILES string of the molecule is COc1cc([C@@H]2CC(=O)Nc3nc(SCc4ccccc4C)[nH]c(=O)c32)cc(OC)c1O. The number of thioether (sulfide) groups is 1. The minimum absolute atomic E-state index is 0.0601. The molecule has 0 fully saturated rings. The average Bonchev–Trinajstić information content (AvgIpc) is 2.78. The highest BCUT2D eigenvalue weighted by Gasteiger charge is 2.32. The number of rotatable bonds is 6. The molecule has 0 bridgehead atoms. The van der Waals surface area contributed by atoms with Gasteiger partial charge in [0, 0.05) is 18.1 Å². The van der Waals surface area contributed by atoms with Gasteiger partial charge in [0.05, 0.1) is 19.8 Å². The molecule has 0 saturated heterocycles. The molecule has 0 radical (unpaired) electrons. The molecular weight excluding hydrogens is 430 g/mol. The number of nitrogens with zero attached hydrogens (tertiary/aromatic N) is 1. The topological polar surface area (TPSA) is 114 Å². The van der Waals surface area contributed by atoms with E-state index in [4.69, 9.17) is 9.47 Å². The number of aromatic hydroxyl groups is 1. The molecule has 32 heavy (non-hydrogen) atoms. The van der Waals surface area contributed by atoms with Crippen LogP contribution in [-0.2, 0) is 10.5 Å². The van der Waals surface area contributed by atoms with Crippen molar-refractivity contribution in [3.05, 3.63) is 69.0 Å². The molecule has 1 aliphatic heterocycles. The summed E-state index contributed by atoms with van der Waals surface area (Å²) >= 11 is 1.40. The number of benzene rings is 2. The van der Waals surface area contributed by atoms with Crippen LogP contribution < -0.4 is 20.3 Å². The van der Waals surface area contributed by atoms with Gasteiger partial charge in [0.1, 0.15) is 5.82 Å². The smallest absolute Gasteiger partial charge is 0.257 e. The Morgan fingerprint density at radius 3 is 2.50 bits per heavy atom. The van der Waals surface area contributed by atoms with E-state index >= 15 is 0 Å². The molecule has 166 valence electrons. The number of phenols is 1. The van der Waals surface area contributed by atoms with E-state index in [9.17, 15) is 14.7 Å². The Morgan fingerprint density at radius 2 is 1.84 bits per heavy atom. The number of carbonyl (C=O) groups is 1. The molecule has 0 spiro atoms. The normalized spacial score (nSPS) is 15.1. The van der Waals surface area contributed by atoms with Crippen molar-refractivity contribution in [1.29, 1.82) is 0 Å². The molecule has 0 saturated carbocycles. The standard InChI is InChI=1S/C23H23N3O5S/c1-12-6-4-5-7-13(12)11-32-23-25-21-19(22(29)26-23)15(10-18(27)24-21)14-8-16(30-2)20(28)17(9-14)31-3/h4-9,15,28H,10-11H2,1-3H3,(H2,24,25,26,27,29)/t15-/m0/s1. The molecule has 3 aromatic rings. The Labute approximate surface area is 189 Å². The van der Waals surface area contributed by atoms with Gasteiger partial charge in [-0.1, -0.05) is 36.0 Å². The van der Waals surface area contributed by atoms with Crippen LogP contribution in [0.2, 0.25) is 0 Å². The molecule has 3 N–H and O–H groups in total. The minimum Gasteiger partial charge on any atom is -0.502 e. The summed E-state index contributed by atoms with van der Waals surface area (Å²) < 4.78 is 10.5. The van der Waals surface area contributed by atoms with E-state index in [1.165, 1.54) is 26.0 Å². The number of hydrogen-bond donors (Lipinski definition) is 3. The number of fused-ring (bicyclic) bond motifs is 1. The van der Waals surface area contributed by atoms with E-state index < -0.39 is 5.92 Å². The number of phenolic OH excluding ortho intramolecular Hbond substituents is 1. The van der Waals surface area contributed by atoms with Crippen LogP contribution in [0.25, 0.3) is 0 Å². The maximum atomic E-state index is 13.1. The monoisotopic (exact) mass is 453 g/mol. The molecule has 4 rings (SSSR count). The van der Waals surface area contributed by atoms with Gasteiger partial charge < -0.3 is 24.9 Å². The fourth-order valence-electron chi connectivity index (χ4n) is 3.74. The number of anilines is 1. The summed E-state index contributed by atoms with van der Waals surface area (Å²) in [6.45, 7) is 2.03. The lowest BCUT2D eigenvalue weighted by Gasteiger charge is -2.25. The van der Waals surface area contributed by atoms with E-state index in [0.717, 1.165) is 11.1 Å². The summed E-state index contributed by atoms with van der Waals surface area (Å²) in [5, 5.41) is 13.4. The highest BCUT2D eigenvalue weighted by atomic mass is 32.2. The van der Waals surface area contributed by atoms with Crippen LogP contribution in [0.15, 0.2) is 46.3 Å². The third-order valence-electron chi connectivity index (χ3n) is 5.46. The molecule has 0 unspecified atom stereocenters. The van der Waals surface area contributed by atoms with Gasteiger partial charge in [-0.05, 0) is 35.7 Å². The van der Waals surface area contributed by atoms with Crippen molar-refractivity contribution in [3.63, 3.8) is 0 Å². The van der Waals surface area contributed by atoms with Gasteiger partial charge in [0.15, 0.2) is 16.7 Å². The largest absolute Gasteiger partial charge is 0.502 e. The predicted octanol–water partition coefficient (Wildman–Crippen LogP) is 3.57. The van der Waals surface area contributed by atoms with Crippen LogP contribution in [-0.4, -0.2) is 35.2 Å². The molecule has 8 nitrogen and oxygen atoms in total. The van der Waals surface area contributed by atoms with Crippen LogP contribution in [0.3, 0.4) is 0 Å². The summed E-state index contributed by atoms with van der Waals surface area (Å²) in [6.07, 6.45) is 0.0601. The molecule has 1 amide bonds. The van der Waals surface area contributed by atoms with E-state index in [2.05, 4.69) is 15.3 Å². The number of aryl methyl sites for hydroxylation is 1. The van der Waals surface area contributed by atoms with Crippen LogP contribution in [0.5, 0.6) is 17.2 Å². The molecule has 0 aliphatic carbocycles. The molecular formula is C23H23N3O5S. The molecule has 1 aliphatic rings. The zero-order valence-electron chi connectivity index (χ0n) is 17.9. The van der Waals surface area contributed by atoms with Crippen molar-refractivity contribution in [2.75, 3.05) is 19.5 Å². The number of nitrogens with one attached hydrogen (secondary N) is 2. The summed E-state index contributed by atoms with van der Waals surface area (Å²) in [7, 11) is 2.85. The Kier molecular flexibility index (Phi) is 6.09. The van der Waals surface area contributed by atoms with Gasteiger partial charge in [-0.3, -0.25) is 9.59 Å². The first-order valence-corrected chi connectivity index (χ1v) is 11.0. The van der Waals surface area contributed by atoms with Gasteiger partial charge in [-0.25, -0.2) is 4.98 Å². The zero-order valence-corrected chi connectivity index (χ0v) is 18.7. The molecule has 9 heteroatoms. The van der Waals surface area contributed by atoms with E-state index in [-0.39, 0.29) is 41.0 Å². The second-order valence-corrected chi connectivity index (χ2v) is 8.39. The van der Waals surface area contributed by atoms with Crippen LogP contribution in [0.4, 0.5) is 5.82 Å². The zero-order chi connectivity index (χ0) is 22.8. The highest BCUT2D eigenvalue weighted by molar-refractivity contribution is 7.98.